The first-order valence-electron chi connectivity index (χ1n) is 4.05. The molecule has 66 valence electrons. The lowest BCUT2D eigenvalue weighted by molar-refractivity contribution is 1.05. The van der Waals surface area contributed by atoms with E-state index in [4.69, 9.17) is 0 Å². The summed E-state index contributed by atoms with van der Waals surface area (Å²) >= 11 is 5.40. The Kier molecular flexibility index (Phi) is 5.28. The van der Waals surface area contributed by atoms with Gasteiger partial charge in [0.1, 0.15) is 5.75 Å². The fourth-order valence-corrected chi connectivity index (χ4v) is 2.03. The van der Waals surface area contributed by atoms with E-state index in [1.165, 1.54) is 17.2 Å². The second kappa shape index (κ2) is 6.38. The molecule has 0 saturated heterocycles. The molecule has 0 N–H and O–H groups in total. The van der Waals surface area contributed by atoms with E-state index < -0.39 is 0 Å². The molecule has 1 rings (SSSR count). The van der Waals surface area contributed by atoms with Crippen molar-refractivity contribution in [2.75, 3.05) is 17.3 Å². The standard InChI is InChI=1S/C9H13NS2/c11-6-8-12-7-4-9-3-1-2-5-10-9/h1-3,5,11H,4,6-8H2/p+1. The predicted molar refractivity (Wildman–Crippen MR) is 60.3 cm³/mol. The second-order valence-electron chi connectivity index (χ2n) is 2.43. The van der Waals surface area contributed by atoms with Gasteiger partial charge in [0.05, 0.1) is 0 Å². The molecule has 0 fully saturated rings. The van der Waals surface area contributed by atoms with Gasteiger partial charge in [0.2, 0.25) is 0 Å². The van der Waals surface area contributed by atoms with Gasteiger partial charge in [-0.1, -0.05) is 6.07 Å². The van der Waals surface area contributed by atoms with Gasteiger partial charge in [-0.05, 0) is 36.9 Å². The third-order valence-electron chi connectivity index (χ3n) is 1.48. The summed E-state index contributed by atoms with van der Waals surface area (Å²) in [6.45, 7) is 0. The molecular formula is C9H14NS2+. The lowest BCUT2D eigenvalue weighted by Gasteiger charge is -1.97. The molecule has 0 radical (unpaired) electrons. The zero-order valence-corrected chi connectivity index (χ0v) is 8.81. The van der Waals surface area contributed by atoms with Gasteiger partial charge in [0, 0.05) is 17.6 Å². The number of hydrogen-bond donors (Lipinski definition) is 0. The summed E-state index contributed by atoms with van der Waals surface area (Å²) in [5.41, 5.74) is 1.19. The highest BCUT2D eigenvalue weighted by molar-refractivity contribution is 7.99. The fraction of sp³-hybridized carbons (Fsp3) is 0.444. The number of aryl methyl sites for hydroxylation is 1. The van der Waals surface area contributed by atoms with Crippen LogP contribution in [0.25, 0.3) is 0 Å². The summed E-state index contributed by atoms with van der Waals surface area (Å²) in [5, 5.41) is 0. The monoisotopic (exact) mass is 200 g/mol. The highest BCUT2D eigenvalue weighted by Gasteiger charge is 1.93. The van der Waals surface area contributed by atoms with E-state index in [1.54, 1.807) is 0 Å². The Hall–Kier alpha value is -0.150. The SMILES string of the molecule is [SH2+]CCSCCc1ccccn1. The van der Waals surface area contributed by atoms with E-state index in [2.05, 4.69) is 23.7 Å². The van der Waals surface area contributed by atoms with Crippen LogP contribution in [-0.2, 0) is 19.0 Å². The topological polar surface area (TPSA) is 12.9 Å². The molecule has 1 heterocycles. The van der Waals surface area contributed by atoms with Crippen LogP contribution in [0.4, 0.5) is 0 Å². The van der Waals surface area contributed by atoms with Crippen LogP contribution in [0.3, 0.4) is 0 Å². The lowest BCUT2D eigenvalue weighted by Crippen LogP contribution is -1.93. The zero-order valence-electron chi connectivity index (χ0n) is 6.99. The van der Waals surface area contributed by atoms with Gasteiger partial charge in [-0.2, -0.15) is 11.8 Å². The van der Waals surface area contributed by atoms with Crippen LogP contribution in [0.15, 0.2) is 24.4 Å². The van der Waals surface area contributed by atoms with E-state index >= 15 is 0 Å². The number of thioether (sulfide) groups is 1. The van der Waals surface area contributed by atoms with Crippen LogP contribution in [0.2, 0.25) is 0 Å². The predicted octanol–water partition coefficient (Wildman–Crippen LogP) is 1.37. The average molecular weight is 200 g/mol. The van der Waals surface area contributed by atoms with Gasteiger partial charge >= 0.3 is 0 Å². The Labute approximate surface area is 83.4 Å². The second-order valence-corrected chi connectivity index (χ2v) is 4.16. The van der Waals surface area contributed by atoms with E-state index in [9.17, 15) is 0 Å². The quantitative estimate of drug-likeness (QED) is 0.526. The van der Waals surface area contributed by atoms with Crippen LogP contribution < -0.4 is 0 Å². The van der Waals surface area contributed by atoms with Crippen LogP contribution >= 0.6 is 11.8 Å². The molecule has 0 saturated carbocycles. The van der Waals surface area contributed by atoms with Crippen molar-refractivity contribution in [2.24, 2.45) is 0 Å². The summed E-state index contributed by atoms with van der Waals surface area (Å²) in [7, 11) is 0. The zero-order chi connectivity index (χ0) is 8.65. The molecule has 0 spiro atoms. The van der Waals surface area contributed by atoms with Gasteiger partial charge in [0.25, 0.3) is 0 Å². The summed E-state index contributed by atoms with van der Waals surface area (Å²) < 4.78 is 0. The van der Waals surface area contributed by atoms with E-state index in [0.29, 0.717) is 0 Å². The van der Waals surface area contributed by atoms with Crippen LogP contribution in [-0.4, -0.2) is 22.2 Å². The molecule has 0 aliphatic rings. The van der Waals surface area contributed by atoms with Gasteiger partial charge in [-0.25, -0.2) is 0 Å². The molecule has 0 amide bonds. The highest BCUT2D eigenvalue weighted by atomic mass is 32.2. The minimum atomic E-state index is 1.08. The fourth-order valence-electron chi connectivity index (χ4n) is 0.897. The number of hydrogen-bond acceptors (Lipinski definition) is 2. The van der Waals surface area contributed by atoms with Crippen molar-refractivity contribution >= 4 is 24.4 Å². The Balaban J connectivity index is 2.16. The van der Waals surface area contributed by atoms with Crippen LogP contribution in [0, 0.1) is 0 Å². The third-order valence-corrected chi connectivity index (χ3v) is 3.07. The molecule has 12 heavy (non-hydrogen) atoms. The molecule has 1 aromatic heterocycles. The first-order chi connectivity index (χ1) is 5.93. The first-order valence-corrected chi connectivity index (χ1v) is 5.92. The Morgan fingerprint density at radius 2 is 2.25 bits per heavy atom. The molecule has 0 atom stereocenters. The first kappa shape index (κ1) is 9.93. The molecule has 0 bridgehead atoms. The Morgan fingerprint density at radius 1 is 1.33 bits per heavy atom. The van der Waals surface area contributed by atoms with Gasteiger partial charge in [-0.3, -0.25) is 4.98 Å². The Morgan fingerprint density at radius 3 is 2.92 bits per heavy atom. The van der Waals surface area contributed by atoms with Crippen molar-refractivity contribution in [3.63, 3.8) is 0 Å². The molecule has 0 unspecified atom stereocenters. The maximum Gasteiger partial charge on any atom is 0.112 e. The average Bonchev–Trinajstić information content (AvgIpc) is 2.14. The Bertz CT molecular complexity index is 201. The van der Waals surface area contributed by atoms with E-state index in [0.717, 1.165) is 12.2 Å². The van der Waals surface area contributed by atoms with Crippen LogP contribution in [0.5, 0.6) is 0 Å². The van der Waals surface area contributed by atoms with Gasteiger partial charge in [-0.15, -0.1) is 0 Å². The lowest BCUT2D eigenvalue weighted by atomic mass is 10.3. The summed E-state index contributed by atoms with van der Waals surface area (Å²) in [4.78, 5) is 4.25. The maximum absolute atomic E-state index is 4.25. The molecule has 0 aliphatic heterocycles. The normalized spacial score (nSPS) is 10.1. The minimum absolute atomic E-state index is 1.08. The smallest absolute Gasteiger partial charge is 0.112 e. The van der Waals surface area contributed by atoms with Crippen molar-refractivity contribution in [2.45, 2.75) is 6.42 Å². The van der Waals surface area contributed by atoms with Crippen molar-refractivity contribution in [3.8, 4) is 0 Å². The van der Waals surface area contributed by atoms with Crippen molar-refractivity contribution in [1.29, 1.82) is 0 Å². The highest BCUT2D eigenvalue weighted by Crippen LogP contribution is 2.03. The number of rotatable bonds is 5. The molecule has 0 aromatic carbocycles. The summed E-state index contributed by atoms with van der Waals surface area (Å²) in [6, 6.07) is 6.07. The largest absolute Gasteiger partial charge is 0.261 e. The number of nitrogens with zero attached hydrogens (tertiary/aromatic N) is 1. The van der Waals surface area contributed by atoms with E-state index in [-0.39, 0.29) is 0 Å². The summed E-state index contributed by atoms with van der Waals surface area (Å²) in [6.07, 6.45) is 2.93. The molecular weight excluding hydrogens is 186 g/mol. The number of pyridine rings is 1. The maximum atomic E-state index is 4.25. The van der Waals surface area contributed by atoms with Gasteiger partial charge in [0.15, 0.2) is 0 Å². The van der Waals surface area contributed by atoms with E-state index in [1.807, 2.05) is 30.1 Å². The molecule has 3 heteroatoms. The number of aromatic nitrogens is 1. The molecule has 1 aromatic rings. The minimum Gasteiger partial charge on any atom is -0.261 e. The third kappa shape index (κ3) is 4.02. The van der Waals surface area contributed by atoms with Crippen molar-refractivity contribution in [1.82, 2.24) is 4.98 Å². The van der Waals surface area contributed by atoms with Crippen molar-refractivity contribution < 1.29 is 0 Å². The van der Waals surface area contributed by atoms with Crippen LogP contribution in [0.1, 0.15) is 5.69 Å². The van der Waals surface area contributed by atoms with Gasteiger partial charge < -0.3 is 0 Å². The molecule has 0 aliphatic carbocycles. The molecule has 1 nitrogen and oxygen atoms in total. The summed E-state index contributed by atoms with van der Waals surface area (Å²) in [5.74, 6) is 3.43. The van der Waals surface area contributed by atoms with Crippen molar-refractivity contribution in [3.05, 3.63) is 30.1 Å².